The quantitative estimate of drug-likeness (QED) is 0.266. The molecule has 0 saturated heterocycles. The molecule has 0 aliphatic rings. The minimum atomic E-state index is -4.41. The van der Waals surface area contributed by atoms with Gasteiger partial charge in [0.2, 0.25) is 10.0 Å². The topological polar surface area (TPSA) is 136 Å². The maximum absolute atomic E-state index is 12.8. The SMILES string of the molecule is O=[N+]([O-])c1ccc(OP(=O)(O)CNS(=O)(=O)c2ccc(F)cc2)cc1.[H-].[Na+]. The van der Waals surface area contributed by atoms with Gasteiger partial charge >= 0.3 is 37.2 Å². The Kier molecular flexibility index (Phi) is 7.90. The van der Waals surface area contributed by atoms with Crippen molar-refractivity contribution >= 4 is 23.3 Å². The molecule has 9 nitrogen and oxygen atoms in total. The van der Waals surface area contributed by atoms with Crippen molar-refractivity contribution in [2.45, 2.75) is 4.90 Å². The number of nitrogens with zero attached hydrogens (tertiary/aromatic N) is 1. The van der Waals surface area contributed by atoms with Gasteiger partial charge in [-0.2, -0.15) is 4.72 Å². The van der Waals surface area contributed by atoms with Gasteiger partial charge in [-0.25, -0.2) is 17.4 Å². The van der Waals surface area contributed by atoms with E-state index in [9.17, 15) is 32.4 Å². The van der Waals surface area contributed by atoms with Gasteiger partial charge in [-0.1, -0.05) is 0 Å². The van der Waals surface area contributed by atoms with Crippen molar-refractivity contribution in [1.29, 1.82) is 0 Å². The first-order chi connectivity index (χ1) is 11.6. The third-order valence-corrected chi connectivity index (χ3v) is 5.56. The maximum Gasteiger partial charge on any atom is 1.00 e. The molecule has 0 bridgehead atoms. The molecule has 0 radical (unpaired) electrons. The fourth-order valence-corrected chi connectivity index (χ4v) is 4.20. The molecule has 0 aliphatic heterocycles. The summed E-state index contributed by atoms with van der Waals surface area (Å²) < 4.78 is 55.4. The largest absolute Gasteiger partial charge is 1.00 e. The van der Waals surface area contributed by atoms with E-state index in [0.717, 1.165) is 48.5 Å². The Morgan fingerprint density at radius 3 is 2.23 bits per heavy atom. The van der Waals surface area contributed by atoms with Crippen molar-refractivity contribution in [3.63, 3.8) is 0 Å². The molecule has 2 rings (SSSR count). The second kappa shape index (κ2) is 9.05. The van der Waals surface area contributed by atoms with Gasteiger partial charge in [0.15, 0.2) is 0 Å². The number of benzene rings is 2. The van der Waals surface area contributed by atoms with Crippen LogP contribution in [-0.4, -0.2) is 24.5 Å². The molecule has 0 fully saturated rings. The van der Waals surface area contributed by atoms with Crippen molar-refractivity contribution in [1.82, 2.24) is 4.72 Å². The van der Waals surface area contributed by atoms with Crippen LogP contribution in [0, 0.1) is 15.9 Å². The van der Waals surface area contributed by atoms with Gasteiger partial charge in [0.05, 0.1) is 9.82 Å². The molecule has 2 N–H and O–H groups in total. The Hall–Kier alpha value is -1.33. The molecule has 13 heteroatoms. The Balaban J connectivity index is 0.00000338. The number of nitrogens with one attached hydrogen (secondary N) is 1. The normalized spacial score (nSPS) is 13.3. The van der Waals surface area contributed by atoms with Crippen LogP contribution in [0.5, 0.6) is 5.75 Å². The zero-order chi connectivity index (χ0) is 18.7. The molecule has 0 aromatic heterocycles. The monoisotopic (exact) mass is 414 g/mol. The molecule has 0 amide bonds. The molecular weight excluding hydrogens is 401 g/mol. The smallest absolute Gasteiger partial charge is 1.00 e. The Morgan fingerprint density at radius 1 is 1.19 bits per heavy atom. The van der Waals surface area contributed by atoms with Gasteiger partial charge in [0, 0.05) is 12.1 Å². The van der Waals surface area contributed by atoms with Crippen molar-refractivity contribution in [3.05, 3.63) is 64.5 Å². The summed E-state index contributed by atoms with van der Waals surface area (Å²) in [5.41, 5.74) is -0.239. The van der Waals surface area contributed by atoms with E-state index in [0.29, 0.717) is 0 Å². The van der Waals surface area contributed by atoms with Gasteiger partial charge < -0.3 is 10.8 Å². The minimum absolute atomic E-state index is 0. The van der Waals surface area contributed by atoms with Crippen LogP contribution >= 0.6 is 7.60 Å². The first kappa shape index (κ1) is 22.7. The third kappa shape index (κ3) is 6.44. The summed E-state index contributed by atoms with van der Waals surface area (Å²) in [5.74, 6) is -0.773. The van der Waals surface area contributed by atoms with Gasteiger partial charge in [-0.05, 0) is 36.4 Å². The molecule has 0 saturated carbocycles. The van der Waals surface area contributed by atoms with E-state index in [1.165, 1.54) is 0 Å². The molecule has 0 heterocycles. The number of rotatable bonds is 7. The van der Waals surface area contributed by atoms with Crippen molar-refractivity contribution in [2.24, 2.45) is 0 Å². The minimum Gasteiger partial charge on any atom is -1.00 e. The van der Waals surface area contributed by atoms with Crippen LogP contribution in [0.1, 0.15) is 1.43 Å². The Labute approximate surface area is 171 Å². The van der Waals surface area contributed by atoms with Crippen molar-refractivity contribution < 1.29 is 62.7 Å². The molecule has 2 aromatic carbocycles. The van der Waals surface area contributed by atoms with Crippen LogP contribution in [0.4, 0.5) is 10.1 Å². The molecule has 0 aliphatic carbocycles. The summed E-state index contributed by atoms with van der Waals surface area (Å²) in [6.45, 7) is 0. The van der Waals surface area contributed by atoms with Crippen LogP contribution in [0.2, 0.25) is 0 Å². The summed E-state index contributed by atoms with van der Waals surface area (Å²) in [5, 5.41) is 10.5. The summed E-state index contributed by atoms with van der Waals surface area (Å²) in [7, 11) is -8.55. The first-order valence-corrected chi connectivity index (χ1v) is 9.85. The van der Waals surface area contributed by atoms with Crippen LogP contribution < -0.4 is 38.8 Å². The number of non-ortho nitro benzene ring substituents is 1. The second-order valence-electron chi connectivity index (χ2n) is 4.74. The Morgan fingerprint density at radius 2 is 1.73 bits per heavy atom. The van der Waals surface area contributed by atoms with E-state index in [1.807, 2.05) is 4.72 Å². The zero-order valence-electron chi connectivity index (χ0n) is 14.4. The number of hydrogen-bond donors (Lipinski definition) is 2. The number of hydrogen-bond acceptors (Lipinski definition) is 6. The van der Waals surface area contributed by atoms with Gasteiger partial charge in [-0.3, -0.25) is 10.1 Å². The van der Waals surface area contributed by atoms with Gasteiger partial charge in [-0.15, -0.1) is 0 Å². The van der Waals surface area contributed by atoms with E-state index in [2.05, 4.69) is 0 Å². The molecule has 26 heavy (non-hydrogen) atoms. The second-order valence-corrected chi connectivity index (χ2v) is 8.28. The number of nitro benzene ring substituents is 1. The molecule has 0 spiro atoms. The predicted octanol–water partition coefficient (Wildman–Crippen LogP) is -0.649. The van der Waals surface area contributed by atoms with Crippen LogP contribution in [0.3, 0.4) is 0 Å². The fraction of sp³-hybridized carbons (Fsp3) is 0.0769. The fourth-order valence-electron chi connectivity index (χ4n) is 1.69. The summed E-state index contributed by atoms with van der Waals surface area (Å²) in [6, 6.07) is 8.20. The molecule has 2 aromatic rings. The first-order valence-electron chi connectivity index (χ1n) is 6.60. The van der Waals surface area contributed by atoms with Gasteiger partial charge in [0.1, 0.15) is 17.9 Å². The van der Waals surface area contributed by atoms with Crippen LogP contribution in [-0.2, 0) is 14.6 Å². The standard InChI is InChI=1S/C13H12FN2O7PS.Na.H/c14-10-1-7-13(8-2-10)25(21,22)15-9-24(19,20)23-12-5-3-11(4-6-12)16(17)18;;/h1-8,15H,9H2,(H,19,20);;/q;+1;-1. The summed E-state index contributed by atoms with van der Waals surface area (Å²) >= 11 is 0. The maximum atomic E-state index is 12.8. The molecule has 1 unspecified atom stereocenters. The van der Waals surface area contributed by atoms with Crippen molar-refractivity contribution in [2.75, 3.05) is 6.29 Å². The van der Waals surface area contributed by atoms with E-state index < -0.39 is 34.6 Å². The molecule has 136 valence electrons. The number of nitro groups is 1. The van der Waals surface area contributed by atoms with Crippen LogP contribution in [0.25, 0.3) is 0 Å². The van der Waals surface area contributed by atoms with E-state index in [1.54, 1.807) is 0 Å². The predicted molar refractivity (Wildman–Crippen MR) is 86.3 cm³/mol. The number of sulfonamides is 1. The third-order valence-electron chi connectivity index (χ3n) is 2.87. The zero-order valence-corrected chi connectivity index (χ0v) is 17.1. The van der Waals surface area contributed by atoms with Crippen LogP contribution in [0.15, 0.2) is 53.4 Å². The Bertz CT molecular complexity index is 929. The summed E-state index contributed by atoms with van der Waals surface area (Å²) in [6.07, 6.45) is -0.941. The molecule has 1 atom stereocenters. The average Bonchev–Trinajstić information content (AvgIpc) is 2.54. The average molecular weight is 414 g/mol. The number of halogens is 1. The van der Waals surface area contributed by atoms with E-state index in [4.69, 9.17) is 4.52 Å². The molecular formula is C13H13FN2NaO7PS. The van der Waals surface area contributed by atoms with Crippen molar-refractivity contribution in [3.8, 4) is 5.75 Å². The van der Waals surface area contributed by atoms with E-state index >= 15 is 0 Å². The van der Waals surface area contributed by atoms with E-state index in [-0.39, 0.29) is 47.3 Å². The van der Waals surface area contributed by atoms with Gasteiger partial charge in [0.25, 0.3) is 5.69 Å². The summed E-state index contributed by atoms with van der Waals surface area (Å²) in [4.78, 5) is 19.3.